The lowest BCUT2D eigenvalue weighted by Gasteiger charge is -2.23. The summed E-state index contributed by atoms with van der Waals surface area (Å²) in [5.41, 5.74) is 0. The van der Waals surface area contributed by atoms with E-state index >= 15 is 0 Å². The second-order valence-corrected chi connectivity index (χ2v) is 15.0. The predicted octanol–water partition coefficient (Wildman–Crippen LogP) is 11.7. The summed E-state index contributed by atoms with van der Waals surface area (Å²) in [7, 11) is -4.33. The number of aliphatic hydroxyl groups excluding tert-OH is 1. The summed E-state index contributed by atoms with van der Waals surface area (Å²) in [4.78, 5) is 12.5. The lowest BCUT2D eigenvalue weighted by molar-refractivity contribution is -0.122. The van der Waals surface area contributed by atoms with E-state index in [1.165, 1.54) is 89.9 Å². The van der Waals surface area contributed by atoms with Crippen molar-refractivity contribution in [3.63, 3.8) is 0 Å². The standard InChI is InChI=1S/C42H75NO5S/c1-3-5-7-9-11-13-15-17-19-21-23-25-27-29-31-33-35-37-41(44)40(39-49(46,47)48)43-42(45)38-36-34-32-30-28-26-24-22-20-18-16-14-12-10-8-6-4-2/h6,8,12,14,18,20,24,26,30,32,40-41,44H,3-5,7,9-11,13,15-17,19,21-23,25,27-29,31,33-39H2,1-2H3,(H,43,45)(H,46,47,48)/b8-6-,14-12-,20-18-,26-24-,32-30-. The normalized spacial score (nSPS) is 14.0. The van der Waals surface area contributed by atoms with Gasteiger partial charge in [0.25, 0.3) is 10.1 Å². The van der Waals surface area contributed by atoms with Crippen LogP contribution in [0.4, 0.5) is 0 Å². The zero-order valence-corrected chi connectivity index (χ0v) is 32.4. The second kappa shape index (κ2) is 35.9. The fourth-order valence-electron chi connectivity index (χ4n) is 5.78. The van der Waals surface area contributed by atoms with Gasteiger partial charge in [0, 0.05) is 6.42 Å². The van der Waals surface area contributed by atoms with E-state index < -0.39 is 28.0 Å². The van der Waals surface area contributed by atoms with E-state index in [-0.39, 0.29) is 12.3 Å². The number of carbonyl (C=O) groups is 1. The highest BCUT2D eigenvalue weighted by Gasteiger charge is 2.26. The Bertz CT molecular complexity index is 999. The zero-order valence-electron chi connectivity index (χ0n) is 31.5. The third kappa shape index (κ3) is 37.1. The molecule has 0 saturated heterocycles. The number of allylic oxidation sites excluding steroid dienone is 10. The van der Waals surface area contributed by atoms with Crippen LogP contribution < -0.4 is 5.32 Å². The van der Waals surface area contributed by atoms with Gasteiger partial charge in [-0.3, -0.25) is 9.35 Å². The highest BCUT2D eigenvalue weighted by atomic mass is 32.2. The number of amides is 1. The lowest BCUT2D eigenvalue weighted by atomic mass is 10.0. The van der Waals surface area contributed by atoms with Gasteiger partial charge in [-0.05, 0) is 51.4 Å². The Balaban J connectivity index is 3.99. The zero-order chi connectivity index (χ0) is 36.1. The van der Waals surface area contributed by atoms with Gasteiger partial charge < -0.3 is 10.4 Å². The van der Waals surface area contributed by atoms with Gasteiger partial charge in [0.05, 0.1) is 17.9 Å². The van der Waals surface area contributed by atoms with E-state index in [1.807, 2.05) is 6.08 Å². The molecule has 1 amide bonds. The molecule has 0 fully saturated rings. The van der Waals surface area contributed by atoms with Gasteiger partial charge in [0.1, 0.15) is 0 Å². The topological polar surface area (TPSA) is 104 Å². The van der Waals surface area contributed by atoms with Crippen molar-refractivity contribution in [3.8, 4) is 0 Å². The summed E-state index contributed by atoms with van der Waals surface area (Å²) in [6.45, 7) is 4.40. The van der Waals surface area contributed by atoms with Crippen LogP contribution in [0.5, 0.6) is 0 Å². The number of nitrogens with one attached hydrogen (secondary N) is 1. The van der Waals surface area contributed by atoms with E-state index in [9.17, 15) is 22.9 Å². The van der Waals surface area contributed by atoms with Crippen LogP contribution in [0.25, 0.3) is 0 Å². The first-order valence-corrected chi connectivity index (χ1v) is 21.6. The largest absolute Gasteiger partial charge is 0.391 e. The maximum atomic E-state index is 12.5. The van der Waals surface area contributed by atoms with Gasteiger partial charge in [-0.25, -0.2) is 0 Å². The molecule has 2 unspecified atom stereocenters. The van der Waals surface area contributed by atoms with Crippen molar-refractivity contribution in [1.82, 2.24) is 5.32 Å². The molecule has 0 spiro atoms. The molecule has 0 aromatic heterocycles. The van der Waals surface area contributed by atoms with Crippen LogP contribution >= 0.6 is 0 Å². The van der Waals surface area contributed by atoms with Crippen LogP contribution in [0.3, 0.4) is 0 Å². The molecule has 0 heterocycles. The maximum Gasteiger partial charge on any atom is 0.266 e. The van der Waals surface area contributed by atoms with Crippen LogP contribution in [0, 0.1) is 0 Å². The molecule has 0 bridgehead atoms. The molecule has 0 aliphatic heterocycles. The van der Waals surface area contributed by atoms with E-state index in [0.29, 0.717) is 12.8 Å². The summed E-state index contributed by atoms with van der Waals surface area (Å²) in [5.74, 6) is -0.976. The van der Waals surface area contributed by atoms with Crippen molar-refractivity contribution < 1.29 is 22.9 Å². The number of aliphatic hydroxyl groups is 1. The third-order valence-electron chi connectivity index (χ3n) is 8.74. The van der Waals surface area contributed by atoms with Gasteiger partial charge in [0.15, 0.2) is 0 Å². The van der Waals surface area contributed by atoms with Crippen LogP contribution in [-0.2, 0) is 14.9 Å². The average Bonchev–Trinajstić information content (AvgIpc) is 3.06. The van der Waals surface area contributed by atoms with Gasteiger partial charge in [-0.15, -0.1) is 0 Å². The lowest BCUT2D eigenvalue weighted by Crippen LogP contribution is -2.47. The molecule has 0 aliphatic carbocycles. The van der Waals surface area contributed by atoms with E-state index in [2.05, 4.69) is 73.8 Å². The minimum Gasteiger partial charge on any atom is -0.391 e. The molecule has 0 aromatic rings. The molecule has 7 heteroatoms. The summed E-state index contributed by atoms with van der Waals surface area (Å²) in [6.07, 6.45) is 48.9. The van der Waals surface area contributed by atoms with Crippen molar-refractivity contribution in [2.45, 2.75) is 193 Å². The van der Waals surface area contributed by atoms with Gasteiger partial charge in [0.2, 0.25) is 5.91 Å². The average molecular weight is 706 g/mol. The molecule has 6 nitrogen and oxygen atoms in total. The first-order chi connectivity index (χ1) is 23.8. The number of carbonyl (C=O) groups excluding carboxylic acids is 1. The maximum absolute atomic E-state index is 12.5. The molecule has 0 aliphatic rings. The van der Waals surface area contributed by atoms with Crippen molar-refractivity contribution in [1.29, 1.82) is 0 Å². The molecule has 0 aromatic carbocycles. The molecule has 284 valence electrons. The van der Waals surface area contributed by atoms with Crippen LogP contribution in [-0.4, -0.2) is 41.9 Å². The number of unbranched alkanes of at least 4 members (excludes halogenated alkanes) is 17. The predicted molar refractivity (Wildman–Crippen MR) is 211 cm³/mol. The minimum atomic E-state index is -4.33. The Hall–Kier alpha value is -1.96. The molecular weight excluding hydrogens is 631 g/mol. The Morgan fingerprint density at radius 2 is 0.959 bits per heavy atom. The SMILES string of the molecule is CC/C=C\C/C=C\C/C=C\C/C=C\C/C=C\CCCC(=O)NC(CS(=O)(=O)O)C(O)CCCCCCCCCCCCCCCCCCC. The Morgan fingerprint density at radius 1 is 0.571 bits per heavy atom. The molecule has 0 saturated carbocycles. The minimum absolute atomic E-state index is 0.238. The molecule has 49 heavy (non-hydrogen) atoms. The quantitative estimate of drug-likeness (QED) is 0.0346. The Labute approximate surface area is 302 Å². The number of rotatable bonds is 35. The highest BCUT2D eigenvalue weighted by Crippen LogP contribution is 2.15. The second-order valence-electron chi connectivity index (χ2n) is 13.5. The molecule has 3 N–H and O–H groups in total. The van der Waals surface area contributed by atoms with Gasteiger partial charge in [-0.2, -0.15) is 8.42 Å². The Morgan fingerprint density at radius 3 is 1.37 bits per heavy atom. The first-order valence-electron chi connectivity index (χ1n) is 20.0. The number of hydrogen-bond donors (Lipinski definition) is 3. The fraction of sp³-hybridized carbons (Fsp3) is 0.738. The summed E-state index contributed by atoms with van der Waals surface area (Å²) in [5, 5.41) is 13.3. The summed E-state index contributed by atoms with van der Waals surface area (Å²) < 4.78 is 32.5. The monoisotopic (exact) mass is 706 g/mol. The van der Waals surface area contributed by atoms with Crippen molar-refractivity contribution >= 4 is 16.0 Å². The van der Waals surface area contributed by atoms with Gasteiger partial charge >= 0.3 is 0 Å². The highest BCUT2D eigenvalue weighted by molar-refractivity contribution is 7.85. The van der Waals surface area contributed by atoms with Crippen LogP contribution in [0.15, 0.2) is 60.8 Å². The van der Waals surface area contributed by atoms with Crippen molar-refractivity contribution in [2.75, 3.05) is 5.75 Å². The molecule has 0 rings (SSSR count). The molecule has 0 radical (unpaired) electrons. The molecule has 2 atom stereocenters. The first kappa shape index (κ1) is 47.0. The van der Waals surface area contributed by atoms with Gasteiger partial charge in [-0.1, -0.05) is 184 Å². The van der Waals surface area contributed by atoms with Crippen LogP contribution in [0.2, 0.25) is 0 Å². The summed E-state index contributed by atoms with van der Waals surface area (Å²) in [6, 6.07) is -1.00. The Kier molecular flexibility index (Phi) is 34.4. The summed E-state index contributed by atoms with van der Waals surface area (Å²) >= 11 is 0. The third-order valence-corrected chi connectivity index (χ3v) is 9.52. The molecular formula is C42H75NO5S. The van der Waals surface area contributed by atoms with E-state index in [4.69, 9.17) is 0 Å². The smallest absolute Gasteiger partial charge is 0.266 e. The van der Waals surface area contributed by atoms with E-state index in [0.717, 1.165) is 57.8 Å². The van der Waals surface area contributed by atoms with Crippen LogP contribution in [0.1, 0.15) is 181 Å². The number of hydrogen-bond acceptors (Lipinski definition) is 4. The van der Waals surface area contributed by atoms with E-state index in [1.54, 1.807) is 0 Å². The van der Waals surface area contributed by atoms with Crippen molar-refractivity contribution in [3.05, 3.63) is 60.8 Å². The fourth-order valence-corrected chi connectivity index (χ4v) is 6.54. The van der Waals surface area contributed by atoms with Crippen molar-refractivity contribution in [2.24, 2.45) is 0 Å².